The van der Waals surface area contributed by atoms with Gasteiger partial charge in [-0.15, -0.1) is 0 Å². The van der Waals surface area contributed by atoms with Crippen LogP contribution in [-0.4, -0.2) is 39.6 Å². The lowest BCUT2D eigenvalue weighted by Crippen LogP contribution is -2.46. The Morgan fingerprint density at radius 3 is 2.81 bits per heavy atom. The number of rotatable bonds is 4. The van der Waals surface area contributed by atoms with Crippen molar-refractivity contribution < 1.29 is 4.79 Å². The van der Waals surface area contributed by atoms with E-state index in [9.17, 15) is 14.4 Å². The number of aryl methyl sites for hydroxylation is 1. The summed E-state index contributed by atoms with van der Waals surface area (Å²) in [6.07, 6.45) is 1.89. The highest BCUT2D eigenvalue weighted by atomic mass is 16.2. The highest BCUT2D eigenvalue weighted by molar-refractivity contribution is 6.05. The van der Waals surface area contributed by atoms with Gasteiger partial charge < -0.3 is 10.6 Å². The highest BCUT2D eigenvalue weighted by Gasteiger charge is 2.22. The molecule has 1 saturated heterocycles. The van der Waals surface area contributed by atoms with Gasteiger partial charge in [-0.1, -0.05) is 13.8 Å². The van der Waals surface area contributed by atoms with Crippen LogP contribution in [0.2, 0.25) is 0 Å². The van der Waals surface area contributed by atoms with Crippen molar-refractivity contribution in [3.63, 3.8) is 0 Å². The van der Waals surface area contributed by atoms with Gasteiger partial charge in [0, 0.05) is 24.8 Å². The van der Waals surface area contributed by atoms with Gasteiger partial charge in [0.1, 0.15) is 0 Å². The smallest absolute Gasteiger partial charge is 0.329 e. The summed E-state index contributed by atoms with van der Waals surface area (Å²) in [5.74, 6) is -0.248. The zero-order valence-corrected chi connectivity index (χ0v) is 15.4. The number of nitrogens with one attached hydrogen (secondary N) is 3. The molecular formula is C18H25N5O3. The van der Waals surface area contributed by atoms with Crippen LogP contribution in [0.5, 0.6) is 0 Å². The first-order chi connectivity index (χ1) is 12.4. The summed E-state index contributed by atoms with van der Waals surface area (Å²) in [5, 5.41) is 6.42. The molecular weight excluding hydrogens is 334 g/mol. The van der Waals surface area contributed by atoms with E-state index < -0.39 is 11.2 Å². The summed E-state index contributed by atoms with van der Waals surface area (Å²) >= 11 is 0. The van der Waals surface area contributed by atoms with Gasteiger partial charge in [0.25, 0.3) is 11.5 Å². The number of hydrogen-bond acceptors (Lipinski definition) is 5. The van der Waals surface area contributed by atoms with E-state index in [1.165, 1.54) is 4.57 Å². The Labute approximate surface area is 151 Å². The van der Waals surface area contributed by atoms with Crippen LogP contribution in [0.25, 0.3) is 11.0 Å². The summed E-state index contributed by atoms with van der Waals surface area (Å²) in [4.78, 5) is 44.3. The van der Waals surface area contributed by atoms with Gasteiger partial charge in [-0.3, -0.25) is 19.1 Å². The van der Waals surface area contributed by atoms with Gasteiger partial charge in [-0.2, -0.15) is 0 Å². The third kappa shape index (κ3) is 3.41. The van der Waals surface area contributed by atoms with E-state index in [0.29, 0.717) is 18.8 Å². The maximum atomic E-state index is 12.9. The molecule has 3 heterocycles. The number of hydrogen-bond donors (Lipinski definition) is 3. The van der Waals surface area contributed by atoms with E-state index >= 15 is 0 Å². The van der Waals surface area contributed by atoms with Gasteiger partial charge >= 0.3 is 5.69 Å². The third-order valence-corrected chi connectivity index (χ3v) is 4.75. The first-order valence-corrected chi connectivity index (χ1v) is 9.11. The van der Waals surface area contributed by atoms with Gasteiger partial charge in [-0.25, -0.2) is 9.78 Å². The average molecular weight is 359 g/mol. The Kier molecular flexibility index (Phi) is 5.22. The predicted molar refractivity (Wildman–Crippen MR) is 99.7 cm³/mol. The van der Waals surface area contributed by atoms with E-state index in [0.717, 1.165) is 19.4 Å². The third-order valence-electron chi connectivity index (χ3n) is 4.75. The van der Waals surface area contributed by atoms with Gasteiger partial charge in [0.2, 0.25) is 0 Å². The molecule has 1 amide bonds. The molecule has 0 aliphatic carbocycles. The molecule has 1 aliphatic rings. The molecule has 1 aliphatic heterocycles. The standard InChI is InChI=1S/C18H25N5O3/c1-4-23-15-14(17(25)22-18(23)26)12(8-13(21-15)10(2)3)16(24)20-11-6-5-7-19-9-11/h8,10-11,19H,4-7,9H2,1-3H3,(H,20,24)(H,22,25,26). The first kappa shape index (κ1) is 18.3. The number of piperidine rings is 1. The molecule has 8 nitrogen and oxygen atoms in total. The van der Waals surface area contributed by atoms with Crippen LogP contribution in [0.1, 0.15) is 55.6 Å². The van der Waals surface area contributed by atoms with E-state index in [2.05, 4.69) is 20.6 Å². The normalized spacial score (nSPS) is 17.6. The Hall–Kier alpha value is -2.48. The fraction of sp³-hybridized carbons (Fsp3) is 0.556. The molecule has 0 bridgehead atoms. The minimum Gasteiger partial charge on any atom is -0.348 e. The van der Waals surface area contributed by atoms with E-state index in [1.807, 2.05) is 13.8 Å². The van der Waals surface area contributed by atoms with Crippen LogP contribution < -0.4 is 21.9 Å². The lowest BCUT2D eigenvalue weighted by molar-refractivity contribution is 0.0932. The molecule has 0 radical (unpaired) electrons. The topological polar surface area (TPSA) is 109 Å². The van der Waals surface area contributed by atoms with E-state index in [4.69, 9.17) is 0 Å². The van der Waals surface area contributed by atoms with Crippen LogP contribution in [0.4, 0.5) is 0 Å². The molecule has 2 aromatic heterocycles. The number of aromatic amines is 1. The number of amides is 1. The van der Waals surface area contributed by atoms with Gasteiger partial charge in [0.05, 0.1) is 10.9 Å². The second-order valence-electron chi connectivity index (χ2n) is 6.97. The SMILES string of the molecule is CCn1c(=O)[nH]c(=O)c2c(C(=O)NC3CCCNC3)cc(C(C)C)nc21. The molecule has 2 aromatic rings. The summed E-state index contributed by atoms with van der Waals surface area (Å²) in [7, 11) is 0. The zero-order chi connectivity index (χ0) is 18.8. The predicted octanol–water partition coefficient (Wildman–Crippen LogP) is 0.710. The Balaban J connectivity index is 2.17. The molecule has 140 valence electrons. The number of aromatic nitrogens is 3. The van der Waals surface area contributed by atoms with Crippen LogP contribution in [0, 0.1) is 0 Å². The minimum atomic E-state index is -0.579. The average Bonchev–Trinajstić information content (AvgIpc) is 2.61. The Morgan fingerprint density at radius 1 is 1.42 bits per heavy atom. The van der Waals surface area contributed by atoms with Gasteiger partial charge in [0.15, 0.2) is 5.65 Å². The lowest BCUT2D eigenvalue weighted by atomic mass is 10.0. The number of pyridine rings is 1. The molecule has 1 unspecified atom stereocenters. The van der Waals surface area contributed by atoms with Crippen molar-refractivity contribution >= 4 is 16.9 Å². The first-order valence-electron chi connectivity index (χ1n) is 9.11. The Morgan fingerprint density at radius 2 is 2.19 bits per heavy atom. The molecule has 1 fully saturated rings. The lowest BCUT2D eigenvalue weighted by Gasteiger charge is -2.24. The second kappa shape index (κ2) is 7.41. The summed E-state index contributed by atoms with van der Waals surface area (Å²) in [6, 6.07) is 1.69. The minimum absolute atomic E-state index is 0.0260. The monoisotopic (exact) mass is 359 g/mol. The van der Waals surface area contributed by atoms with Crippen molar-refractivity contribution in [2.75, 3.05) is 13.1 Å². The maximum Gasteiger partial charge on any atom is 0.329 e. The van der Waals surface area contributed by atoms with Crippen molar-refractivity contribution in [1.29, 1.82) is 0 Å². The fourth-order valence-corrected chi connectivity index (χ4v) is 3.30. The molecule has 0 spiro atoms. The van der Waals surface area contributed by atoms with Crippen molar-refractivity contribution in [2.45, 2.75) is 52.1 Å². The molecule has 0 saturated carbocycles. The van der Waals surface area contributed by atoms with Crippen LogP contribution in [-0.2, 0) is 6.54 Å². The van der Waals surface area contributed by atoms with E-state index in [1.54, 1.807) is 13.0 Å². The summed E-state index contributed by atoms with van der Waals surface area (Å²) in [6.45, 7) is 7.74. The van der Waals surface area contributed by atoms with Crippen LogP contribution in [0.3, 0.4) is 0 Å². The number of carbonyl (C=O) groups is 1. The molecule has 3 rings (SSSR count). The molecule has 3 N–H and O–H groups in total. The molecule has 8 heteroatoms. The summed E-state index contributed by atoms with van der Waals surface area (Å²) < 4.78 is 1.39. The van der Waals surface area contributed by atoms with Crippen molar-refractivity contribution in [1.82, 2.24) is 25.2 Å². The van der Waals surface area contributed by atoms with Crippen molar-refractivity contribution in [3.8, 4) is 0 Å². The number of carbonyl (C=O) groups excluding carboxylic acids is 1. The molecule has 1 atom stereocenters. The zero-order valence-electron chi connectivity index (χ0n) is 15.4. The van der Waals surface area contributed by atoms with Gasteiger partial charge in [-0.05, 0) is 38.3 Å². The highest BCUT2D eigenvalue weighted by Crippen LogP contribution is 2.20. The largest absolute Gasteiger partial charge is 0.348 e. The second-order valence-corrected chi connectivity index (χ2v) is 6.97. The number of fused-ring (bicyclic) bond motifs is 1. The Bertz CT molecular complexity index is 938. The fourth-order valence-electron chi connectivity index (χ4n) is 3.30. The number of nitrogens with zero attached hydrogens (tertiary/aromatic N) is 2. The van der Waals surface area contributed by atoms with Crippen LogP contribution >= 0.6 is 0 Å². The summed E-state index contributed by atoms with van der Waals surface area (Å²) in [5.41, 5.74) is 0.120. The van der Waals surface area contributed by atoms with Crippen molar-refractivity contribution in [2.24, 2.45) is 0 Å². The molecule has 0 aromatic carbocycles. The quantitative estimate of drug-likeness (QED) is 0.745. The number of H-pyrrole nitrogens is 1. The maximum absolute atomic E-state index is 12.9. The van der Waals surface area contributed by atoms with Crippen molar-refractivity contribution in [3.05, 3.63) is 38.2 Å². The molecule has 26 heavy (non-hydrogen) atoms. The van der Waals surface area contributed by atoms with E-state index in [-0.39, 0.29) is 34.5 Å². The van der Waals surface area contributed by atoms with Crippen LogP contribution in [0.15, 0.2) is 15.7 Å².